The summed E-state index contributed by atoms with van der Waals surface area (Å²) in [7, 11) is 1.88. The van der Waals surface area contributed by atoms with E-state index in [1.54, 1.807) is 0 Å². The number of nitrogens with zero attached hydrogens (tertiary/aromatic N) is 1. The molecule has 0 heterocycles. The molecule has 0 saturated carbocycles. The van der Waals surface area contributed by atoms with Gasteiger partial charge in [0.15, 0.2) is 5.11 Å². The number of rotatable bonds is 4. The van der Waals surface area contributed by atoms with Crippen molar-refractivity contribution in [3.8, 4) is 0 Å². The summed E-state index contributed by atoms with van der Waals surface area (Å²) < 4.78 is 0. The van der Waals surface area contributed by atoms with Crippen LogP contribution in [0.5, 0.6) is 0 Å². The lowest BCUT2D eigenvalue weighted by Crippen LogP contribution is -2.40. The molecule has 0 aliphatic rings. The van der Waals surface area contributed by atoms with Crippen LogP contribution in [0.15, 0.2) is 72.8 Å². The molecule has 0 atom stereocenters. The van der Waals surface area contributed by atoms with E-state index in [4.69, 9.17) is 12.2 Å². The predicted octanol–water partition coefficient (Wildman–Crippen LogP) is 3.92. The highest BCUT2D eigenvalue weighted by Crippen LogP contribution is 2.18. The Bertz CT molecular complexity index is 887. The highest BCUT2D eigenvalue weighted by molar-refractivity contribution is 7.80. The Morgan fingerprint density at radius 2 is 1.64 bits per heavy atom. The van der Waals surface area contributed by atoms with Crippen molar-refractivity contribution in [3.63, 3.8) is 0 Å². The minimum atomic E-state index is -0.0961. The number of amides is 1. The van der Waals surface area contributed by atoms with Crippen LogP contribution in [0.4, 0.5) is 0 Å². The molecule has 0 saturated heterocycles. The van der Waals surface area contributed by atoms with Crippen molar-refractivity contribution in [2.75, 3.05) is 7.05 Å². The third-order valence-corrected chi connectivity index (χ3v) is 4.50. The molecule has 0 radical (unpaired) electrons. The van der Waals surface area contributed by atoms with E-state index in [9.17, 15) is 4.79 Å². The average molecular weight is 348 g/mol. The van der Waals surface area contributed by atoms with Crippen LogP contribution >= 0.6 is 12.2 Å². The second kappa shape index (κ2) is 7.90. The maximum Gasteiger partial charge on any atom is 0.230 e. The van der Waals surface area contributed by atoms with Crippen LogP contribution in [0.1, 0.15) is 11.1 Å². The van der Waals surface area contributed by atoms with Crippen molar-refractivity contribution >= 4 is 34.0 Å². The molecule has 0 aliphatic carbocycles. The molecule has 3 aromatic carbocycles. The minimum absolute atomic E-state index is 0.0961. The van der Waals surface area contributed by atoms with Gasteiger partial charge in [-0.2, -0.15) is 0 Å². The number of carbonyl (C=O) groups is 1. The smallest absolute Gasteiger partial charge is 0.230 e. The van der Waals surface area contributed by atoms with Gasteiger partial charge in [-0.05, 0) is 34.1 Å². The van der Waals surface area contributed by atoms with E-state index in [0.717, 1.165) is 21.9 Å². The molecule has 0 spiro atoms. The molecule has 126 valence electrons. The van der Waals surface area contributed by atoms with E-state index in [2.05, 4.69) is 17.4 Å². The first-order valence-corrected chi connectivity index (χ1v) is 8.60. The lowest BCUT2D eigenvalue weighted by atomic mass is 10.0. The van der Waals surface area contributed by atoms with E-state index in [0.29, 0.717) is 18.1 Å². The SMILES string of the molecule is CN(Cc1ccccc1)C(=S)NC(=O)Cc1cccc2ccccc12. The number of fused-ring (bicyclic) bond motifs is 1. The molecule has 3 rings (SSSR count). The zero-order chi connectivity index (χ0) is 17.6. The third-order valence-electron chi connectivity index (χ3n) is 4.09. The standard InChI is InChI=1S/C21H20N2OS/c1-23(15-16-8-3-2-4-9-16)21(25)22-20(24)14-18-12-7-11-17-10-5-6-13-19(17)18/h2-13H,14-15H2,1H3,(H,22,24,25). The molecular formula is C21H20N2OS. The van der Waals surface area contributed by atoms with Crippen LogP contribution < -0.4 is 5.32 Å². The summed E-state index contributed by atoms with van der Waals surface area (Å²) in [6.45, 7) is 0.661. The molecule has 0 unspecified atom stereocenters. The van der Waals surface area contributed by atoms with Gasteiger partial charge in [0.05, 0.1) is 6.42 Å². The van der Waals surface area contributed by atoms with Crippen LogP contribution in [-0.4, -0.2) is 23.0 Å². The fourth-order valence-corrected chi connectivity index (χ4v) is 2.99. The predicted molar refractivity (Wildman–Crippen MR) is 106 cm³/mol. The van der Waals surface area contributed by atoms with Gasteiger partial charge in [-0.3, -0.25) is 4.79 Å². The van der Waals surface area contributed by atoms with Crippen molar-refractivity contribution in [3.05, 3.63) is 83.9 Å². The van der Waals surface area contributed by atoms with Gasteiger partial charge >= 0.3 is 0 Å². The van der Waals surface area contributed by atoms with Crippen LogP contribution in [0.3, 0.4) is 0 Å². The van der Waals surface area contributed by atoms with Crippen LogP contribution in [-0.2, 0) is 17.8 Å². The van der Waals surface area contributed by atoms with Gasteiger partial charge in [0.1, 0.15) is 0 Å². The summed E-state index contributed by atoms with van der Waals surface area (Å²) in [6, 6.07) is 24.1. The summed E-state index contributed by atoms with van der Waals surface area (Å²) in [5, 5.41) is 5.51. The maximum absolute atomic E-state index is 12.4. The Morgan fingerprint density at radius 1 is 0.960 bits per heavy atom. The normalized spacial score (nSPS) is 10.4. The van der Waals surface area contributed by atoms with Gasteiger partial charge in [-0.25, -0.2) is 0 Å². The number of hydrogen-bond donors (Lipinski definition) is 1. The molecule has 0 aliphatic heterocycles. The molecular weight excluding hydrogens is 328 g/mol. The molecule has 3 nitrogen and oxygen atoms in total. The summed E-state index contributed by atoms with van der Waals surface area (Å²) >= 11 is 5.36. The quantitative estimate of drug-likeness (QED) is 0.726. The van der Waals surface area contributed by atoms with Gasteiger partial charge in [0, 0.05) is 13.6 Å². The summed E-state index contributed by atoms with van der Waals surface area (Å²) in [6.07, 6.45) is 0.306. The third kappa shape index (κ3) is 4.43. The lowest BCUT2D eigenvalue weighted by Gasteiger charge is -2.20. The number of carbonyl (C=O) groups excluding carboxylic acids is 1. The molecule has 0 bridgehead atoms. The Hall–Kier alpha value is -2.72. The highest BCUT2D eigenvalue weighted by atomic mass is 32.1. The number of nitrogens with one attached hydrogen (secondary N) is 1. The first kappa shape index (κ1) is 17.1. The summed E-state index contributed by atoms with van der Waals surface area (Å²) in [5.41, 5.74) is 2.15. The van der Waals surface area contributed by atoms with Crippen molar-refractivity contribution in [2.45, 2.75) is 13.0 Å². The summed E-state index contributed by atoms with van der Waals surface area (Å²) in [4.78, 5) is 14.3. The number of benzene rings is 3. The molecule has 4 heteroatoms. The molecule has 0 aromatic heterocycles. The largest absolute Gasteiger partial charge is 0.348 e. The monoisotopic (exact) mass is 348 g/mol. The van der Waals surface area contributed by atoms with Gasteiger partial charge in [-0.1, -0.05) is 72.8 Å². The highest BCUT2D eigenvalue weighted by Gasteiger charge is 2.11. The Balaban J connectivity index is 1.62. The zero-order valence-corrected chi connectivity index (χ0v) is 14.9. The minimum Gasteiger partial charge on any atom is -0.348 e. The van der Waals surface area contributed by atoms with Crippen LogP contribution in [0.25, 0.3) is 10.8 Å². The van der Waals surface area contributed by atoms with Gasteiger partial charge in [-0.15, -0.1) is 0 Å². The van der Waals surface area contributed by atoms with Crippen LogP contribution in [0.2, 0.25) is 0 Å². The summed E-state index contributed by atoms with van der Waals surface area (Å²) in [5.74, 6) is -0.0961. The van der Waals surface area contributed by atoms with Crippen molar-refractivity contribution < 1.29 is 4.79 Å². The fourth-order valence-electron chi connectivity index (χ4n) is 2.81. The topological polar surface area (TPSA) is 32.3 Å². The second-order valence-corrected chi connectivity index (χ2v) is 6.40. The van der Waals surface area contributed by atoms with Gasteiger partial charge in [0.2, 0.25) is 5.91 Å². The Morgan fingerprint density at radius 3 is 2.44 bits per heavy atom. The number of thiocarbonyl (C=S) groups is 1. The number of hydrogen-bond acceptors (Lipinski definition) is 2. The van der Waals surface area contributed by atoms with E-state index < -0.39 is 0 Å². The maximum atomic E-state index is 12.4. The first-order valence-electron chi connectivity index (χ1n) is 8.19. The van der Waals surface area contributed by atoms with E-state index in [-0.39, 0.29) is 5.91 Å². The van der Waals surface area contributed by atoms with E-state index in [1.807, 2.05) is 72.6 Å². The molecule has 3 aromatic rings. The van der Waals surface area contributed by atoms with E-state index >= 15 is 0 Å². The van der Waals surface area contributed by atoms with Gasteiger partial charge in [0.25, 0.3) is 0 Å². The molecule has 25 heavy (non-hydrogen) atoms. The average Bonchev–Trinajstić information content (AvgIpc) is 2.63. The van der Waals surface area contributed by atoms with Crippen LogP contribution in [0, 0.1) is 0 Å². The fraction of sp³-hybridized carbons (Fsp3) is 0.143. The zero-order valence-electron chi connectivity index (χ0n) is 14.1. The first-order chi connectivity index (χ1) is 12.1. The molecule has 1 N–H and O–H groups in total. The van der Waals surface area contributed by atoms with Gasteiger partial charge < -0.3 is 10.2 Å². The van der Waals surface area contributed by atoms with E-state index in [1.165, 1.54) is 0 Å². The Labute approximate surface area is 153 Å². The Kier molecular flexibility index (Phi) is 5.41. The van der Waals surface area contributed by atoms with Crippen molar-refractivity contribution in [1.29, 1.82) is 0 Å². The second-order valence-electron chi connectivity index (χ2n) is 6.01. The molecule has 1 amide bonds. The van der Waals surface area contributed by atoms with Crippen molar-refractivity contribution in [1.82, 2.24) is 10.2 Å². The van der Waals surface area contributed by atoms with Crippen molar-refractivity contribution in [2.24, 2.45) is 0 Å². The molecule has 0 fully saturated rings. The lowest BCUT2D eigenvalue weighted by molar-refractivity contribution is -0.119.